The molecule has 0 atom stereocenters. The van der Waals surface area contributed by atoms with Crippen LogP contribution in [0.2, 0.25) is 10.0 Å². The zero-order valence-electron chi connectivity index (χ0n) is 12.5. The van der Waals surface area contributed by atoms with E-state index in [1.54, 1.807) is 6.07 Å². The summed E-state index contributed by atoms with van der Waals surface area (Å²) in [6.45, 7) is 2.90. The van der Waals surface area contributed by atoms with Crippen LogP contribution in [0, 0.1) is 6.92 Å². The van der Waals surface area contributed by atoms with E-state index in [-0.39, 0.29) is 0 Å². The van der Waals surface area contributed by atoms with Gasteiger partial charge >= 0.3 is 0 Å². The van der Waals surface area contributed by atoms with Gasteiger partial charge in [0.15, 0.2) is 0 Å². The highest BCUT2D eigenvalue weighted by molar-refractivity contribution is 6.42. The predicted octanol–water partition coefficient (Wildman–Crippen LogP) is 4.53. The lowest BCUT2D eigenvalue weighted by atomic mass is 10.1. The Morgan fingerprint density at radius 3 is 2.65 bits per heavy atom. The van der Waals surface area contributed by atoms with Gasteiger partial charge in [-0.1, -0.05) is 29.3 Å². The highest BCUT2D eigenvalue weighted by Gasteiger charge is 2.21. The van der Waals surface area contributed by atoms with Crippen LogP contribution in [0.1, 0.15) is 17.9 Å². The molecule has 0 unspecified atom stereocenters. The van der Waals surface area contributed by atoms with Gasteiger partial charge in [0.25, 0.3) is 0 Å². The molecule has 0 aromatic heterocycles. The summed E-state index contributed by atoms with van der Waals surface area (Å²) in [5, 5.41) is 4.30. The van der Waals surface area contributed by atoms with E-state index >= 15 is 0 Å². The lowest BCUT2D eigenvalue weighted by Crippen LogP contribution is -2.00. The zero-order chi connectivity index (χ0) is 16.0. The molecule has 4 rings (SSSR count). The van der Waals surface area contributed by atoms with Crippen LogP contribution in [-0.2, 0) is 0 Å². The number of aryl methyl sites for hydroxylation is 1. The Bertz CT molecular complexity index is 898. The van der Waals surface area contributed by atoms with Crippen molar-refractivity contribution in [2.75, 3.05) is 6.54 Å². The molecule has 0 amide bonds. The molecule has 0 spiro atoms. The number of benzene rings is 1. The molecule has 0 fully saturated rings. The second-order valence-electron chi connectivity index (χ2n) is 5.58. The number of halogens is 2. The normalized spacial score (nSPS) is 14.1. The Balaban J connectivity index is 1.88. The lowest BCUT2D eigenvalue weighted by molar-refractivity contribution is 0.916. The van der Waals surface area contributed by atoms with Crippen molar-refractivity contribution in [3.05, 3.63) is 52.0 Å². The highest BCUT2D eigenvalue weighted by atomic mass is 35.5. The summed E-state index contributed by atoms with van der Waals surface area (Å²) in [6, 6.07) is 7.57. The van der Waals surface area contributed by atoms with E-state index in [1.807, 2.05) is 31.3 Å². The van der Waals surface area contributed by atoms with Gasteiger partial charge < -0.3 is 10.3 Å². The van der Waals surface area contributed by atoms with Crippen LogP contribution in [0.3, 0.4) is 0 Å². The Morgan fingerprint density at radius 2 is 1.91 bits per heavy atom. The molecule has 1 aromatic carbocycles. The first kappa shape index (κ1) is 14.5. The molecule has 3 aliphatic rings. The molecule has 0 saturated carbocycles. The molecule has 2 N–H and O–H groups in total. The second kappa shape index (κ2) is 5.55. The average Bonchev–Trinajstić information content (AvgIpc) is 3.18. The van der Waals surface area contributed by atoms with Crippen molar-refractivity contribution >= 4 is 28.8 Å². The molecular formula is C17H14Cl2N4. The van der Waals surface area contributed by atoms with Gasteiger partial charge in [-0.3, -0.25) is 0 Å². The second-order valence-corrected chi connectivity index (χ2v) is 6.39. The molecule has 116 valence electrons. The number of H-pyrrole nitrogens is 1. The van der Waals surface area contributed by atoms with Gasteiger partial charge in [-0.15, -0.1) is 0 Å². The summed E-state index contributed by atoms with van der Waals surface area (Å²) in [5.41, 5.74) is 5.77. The standard InChI is InChI=1S/C17H14Cl2N4/c1-9-21-15-7-14(10-2-3-12(18)13(19)6-10)23-17(15)16(22-9)11-4-5-20-8-11/h2-3,6-8,20H,4-5H2,1H3,(H,21,22). The lowest BCUT2D eigenvalue weighted by Gasteiger charge is -2.08. The Labute approximate surface area is 143 Å². The third-order valence-corrected chi connectivity index (χ3v) is 4.66. The first-order valence-electron chi connectivity index (χ1n) is 7.37. The van der Waals surface area contributed by atoms with E-state index in [2.05, 4.69) is 15.3 Å². The van der Waals surface area contributed by atoms with Crippen LogP contribution >= 0.6 is 23.2 Å². The quantitative estimate of drug-likeness (QED) is 0.718. The Morgan fingerprint density at radius 1 is 1.04 bits per heavy atom. The number of rotatable bonds is 2. The minimum Gasteiger partial charge on any atom is -0.390 e. The molecule has 0 bridgehead atoms. The first-order valence-corrected chi connectivity index (χ1v) is 8.13. The predicted molar refractivity (Wildman–Crippen MR) is 93.8 cm³/mol. The number of nitrogens with zero attached hydrogens (tertiary/aromatic N) is 2. The third kappa shape index (κ3) is 2.58. The topological polar surface area (TPSA) is 53.6 Å². The van der Waals surface area contributed by atoms with Crippen molar-refractivity contribution in [3.8, 4) is 22.6 Å². The van der Waals surface area contributed by atoms with Gasteiger partial charge in [-0.2, -0.15) is 0 Å². The van der Waals surface area contributed by atoms with E-state index in [0.29, 0.717) is 10.0 Å². The van der Waals surface area contributed by atoms with Crippen molar-refractivity contribution in [1.82, 2.24) is 20.3 Å². The maximum Gasteiger partial charge on any atom is 0.113 e. The van der Waals surface area contributed by atoms with Crippen LogP contribution < -0.4 is 5.32 Å². The largest absolute Gasteiger partial charge is 0.390 e. The molecule has 6 heteroatoms. The molecule has 3 aliphatic heterocycles. The molecule has 0 radical (unpaired) electrons. The molecule has 1 aromatic rings. The van der Waals surface area contributed by atoms with Crippen molar-refractivity contribution in [3.63, 3.8) is 0 Å². The van der Waals surface area contributed by atoms with Gasteiger partial charge in [0.1, 0.15) is 11.5 Å². The van der Waals surface area contributed by atoms with Crippen molar-refractivity contribution < 1.29 is 0 Å². The van der Waals surface area contributed by atoms with Crippen molar-refractivity contribution in [1.29, 1.82) is 0 Å². The summed E-state index contributed by atoms with van der Waals surface area (Å²) in [5.74, 6) is 0.869. The average molecular weight is 345 g/mol. The van der Waals surface area contributed by atoms with Gasteiger partial charge in [0.05, 0.1) is 27.1 Å². The SMILES string of the molecule is Cc1nc(C2=CNCC2)c2nc(-c3ccc(Cl)c(Cl)c3)cc-2[nH]1. The number of fused-ring (bicyclic) bond motifs is 1. The highest BCUT2D eigenvalue weighted by Crippen LogP contribution is 2.35. The fourth-order valence-electron chi connectivity index (χ4n) is 2.83. The maximum atomic E-state index is 6.13. The van der Waals surface area contributed by atoms with Crippen molar-refractivity contribution in [2.45, 2.75) is 13.3 Å². The summed E-state index contributed by atoms with van der Waals surface area (Å²) in [4.78, 5) is 12.7. The number of aromatic nitrogens is 3. The van der Waals surface area contributed by atoms with Crippen molar-refractivity contribution in [2.24, 2.45) is 0 Å². The van der Waals surface area contributed by atoms with E-state index in [4.69, 9.17) is 28.2 Å². The maximum absolute atomic E-state index is 6.13. The van der Waals surface area contributed by atoms with E-state index in [0.717, 1.165) is 47.1 Å². The van der Waals surface area contributed by atoms with Crippen LogP contribution in [0.15, 0.2) is 30.5 Å². The minimum atomic E-state index is 0.525. The number of hydrogen-bond acceptors (Lipinski definition) is 3. The van der Waals surface area contributed by atoms with Gasteiger partial charge in [-0.05, 0) is 37.1 Å². The fourth-order valence-corrected chi connectivity index (χ4v) is 3.12. The summed E-state index contributed by atoms with van der Waals surface area (Å²) >= 11 is 12.1. The molecule has 23 heavy (non-hydrogen) atoms. The summed E-state index contributed by atoms with van der Waals surface area (Å²) in [7, 11) is 0. The Hall–Kier alpha value is -2.04. The molecule has 0 saturated heterocycles. The number of aromatic amines is 1. The van der Waals surface area contributed by atoms with Crippen LogP contribution in [-0.4, -0.2) is 21.5 Å². The molecule has 0 aliphatic carbocycles. The number of hydrogen-bond donors (Lipinski definition) is 2. The van der Waals surface area contributed by atoms with E-state index < -0.39 is 0 Å². The van der Waals surface area contributed by atoms with Gasteiger partial charge in [0.2, 0.25) is 0 Å². The molecular weight excluding hydrogens is 331 g/mol. The summed E-state index contributed by atoms with van der Waals surface area (Å²) < 4.78 is 0. The fraction of sp³-hybridized carbons (Fsp3) is 0.176. The monoisotopic (exact) mass is 344 g/mol. The van der Waals surface area contributed by atoms with Crippen LogP contribution in [0.5, 0.6) is 0 Å². The molecule has 3 heterocycles. The van der Waals surface area contributed by atoms with E-state index in [9.17, 15) is 0 Å². The number of nitrogens with one attached hydrogen (secondary N) is 2. The Kier molecular flexibility index (Phi) is 3.51. The third-order valence-electron chi connectivity index (χ3n) is 3.92. The smallest absolute Gasteiger partial charge is 0.113 e. The van der Waals surface area contributed by atoms with Gasteiger partial charge in [0, 0.05) is 18.3 Å². The van der Waals surface area contributed by atoms with E-state index in [1.165, 1.54) is 5.57 Å². The molecule has 4 nitrogen and oxygen atoms in total. The minimum absolute atomic E-state index is 0.525. The summed E-state index contributed by atoms with van der Waals surface area (Å²) in [6.07, 6.45) is 2.98. The van der Waals surface area contributed by atoms with Gasteiger partial charge in [-0.25, -0.2) is 9.97 Å². The van der Waals surface area contributed by atoms with Crippen LogP contribution in [0.4, 0.5) is 0 Å². The van der Waals surface area contributed by atoms with Crippen LogP contribution in [0.25, 0.3) is 28.2 Å². The first-order chi connectivity index (χ1) is 11.1. The zero-order valence-corrected chi connectivity index (χ0v) is 14.0.